The Hall–Kier alpha value is -3.33. The third kappa shape index (κ3) is 6.30. The zero-order valence-corrected chi connectivity index (χ0v) is 24.1. The number of hydrogen-bond acceptors (Lipinski definition) is 12. The highest BCUT2D eigenvalue weighted by molar-refractivity contribution is 7.52. The van der Waals surface area contributed by atoms with Crippen LogP contribution in [0, 0.1) is 0 Å². The maximum absolute atomic E-state index is 14.0. The van der Waals surface area contributed by atoms with Gasteiger partial charge in [0.15, 0.2) is 23.2 Å². The minimum atomic E-state index is -4.17. The van der Waals surface area contributed by atoms with E-state index >= 15 is 0 Å². The monoisotopic (exact) mass is 592 g/mol. The molecule has 4 N–H and O–H groups in total. The summed E-state index contributed by atoms with van der Waals surface area (Å²) >= 11 is 0. The van der Waals surface area contributed by atoms with Crippen molar-refractivity contribution in [3.63, 3.8) is 0 Å². The van der Waals surface area contributed by atoms with E-state index in [2.05, 4.69) is 20.0 Å². The summed E-state index contributed by atoms with van der Waals surface area (Å²) in [4.78, 5) is 35.6. The minimum absolute atomic E-state index is 0.0736. The lowest BCUT2D eigenvalue weighted by atomic mass is 10.1. The summed E-state index contributed by atoms with van der Waals surface area (Å²) in [6.07, 6.45) is -1.95. The number of carbonyl (C=O) groups excluding carboxylic acids is 1. The third-order valence-corrected chi connectivity index (χ3v) is 7.93. The number of hydrogen-bond donors (Lipinski definition) is 3. The number of nitrogens with two attached hydrogens (primary N) is 1. The number of nitrogens with one attached hydrogen (secondary N) is 2. The summed E-state index contributed by atoms with van der Waals surface area (Å²) in [5.41, 5.74) is 5.54. The zero-order chi connectivity index (χ0) is 29.5. The molecule has 5 rings (SSSR count). The summed E-state index contributed by atoms with van der Waals surface area (Å²) in [6, 6.07) is 7.38. The number of H-pyrrole nitrogens is 1. The molecule has 2 saturated heterocycles. The predicted octanol–water partition coefficient (Wildman–Crippen LogP) is 2.25. The van der Waals surface area contributed by atoms with Gasteiger partial charge in [-0.15, -0.1) is 0 Å². The van der Waals surface area contributed by atoms with Gasteiger partial charge in [-0.2, -0.15) is 10.1 Å². The first-order valence-electron chi connectivity index (χ1n) is 13.0. The average molecular weight is 593 g/mol. The van der Waals surface area contributed by atoms with Crippen molar-refractivity contribution in [1.82, 2.24) is 24.6 Å². The van der Waals surface area contributed by atoms with Crippen LogP contribution in [0.1, 0.15) is 40.8 Å². The number of ether oxygens (including phenoxy) is 4. The molecule has 15 nitrogen and oxygen atoms in total. The van der Waals surface area contributed by atoms with E-state index in [4.69, 9.17) is 33.7 Å². The van der Waals surface area contributed by atoms with Gasteiger partial charge >= 0.3 is 13.7 Å². The molecule has 0 aliphatic carbocycles. The molecule has 0 amide bonds. The van der Waals surface area contributed by atoms with E-state index < -0.39 is 55.6 Å². The average Bonchev–Trinajstić information content (AvgIpc) is 3.53. The first kappa shape index (κ1) is 29.2. The quantitative estimate of drug-likeness (QED) is 0.230. The summed E-state index contributed by atoms with van der Waals surface area (Å²) in [7, 11) is -4.17. The Balaban J connectivity index is 1.39. The third-order valence-electron chi connectivity index (χ3n) is 6.28. The molecule has 6 atom stereocenters. The highest BCUT2D eigenvalue weighted by atomic mass is 31.2. The van der Waals surface area contributed by atoms with Gasteiger partial charge in [-0.05, 0) is 46.8 Å². The van der Waals surface area contributed by atoms with E-state index in [1.165, 1.54) is 17.8 Å². The molecule has 2 fully saturated rings. The van der Waals surface area contributed by atoms with Crippen molar-refractivity contribution >= 4 is 30.8 Å². The molecule has 0 saturated carbocycles. The van der Waals surface area contributed by atoms with Crippen molar-refractivity contribution in [3.05, 3.63) is 47.0 Å². The first-order valence-corrected chi connectivity index (χ1v) is 14.6. The minimum Gasteiger partial charge on any atom is -0.462 e. The molecule has 0 spiro atoms. The van der Waals surface area contributed by atoms with Crippen LogP contribution in [-0.2, 0) is 32.8 Å². The Morgan fingerprint density at radius 1 is 1.22 bits per heavy atom. The topological polar surface area (TPSA) is 191 Å². The van der Waals surface area contributed by atoms with E-state index in [-0.39, 0.29) is 35.6 Å². The van der Waals surface area contributed by atoms with Crippen LogP contribution in [0.5, 0.6) is 5.75 Å². The Morgan fingerprint density at radius 3 is 2.63 bits per heavy atom. The number of fused-ring (bicyclic) bond motifs is 2. The van der Waals surface area contributed by atoms with Crippen molar-refractivity contribution in [2.75, 3.05) is 12.3 Å². The smallest absolute Gasteiger partial charge is 0.459 e. The second-order valence-corrected chi connectivity index (χ2v) is 12.1. The number of nitrogen functional groups attached to an aromatic ring is 1. The van der Waals surface area contributed by atoms with Gasteiger partial charge in [0, 0.05) is 0 Å². The Bertz CT molecular complexity index is 1510. The van der Waals surface area contributed by atoms with Crippen molar-refractivity contribution in [2.45, 2.75) is 77.1 Å². The van der Waals surface area contributed by atoms with Crippen molar-refractivity contribution in [3.8, 4) is 5.75 Å². The first-order chi connectivity index (χ1) is 19.3. The largest absolute Gasteiger partial charge is 0.462 e. The summed E-state index contributed by atoms with van der Waals surface area (Å²) < 4.78 is 50.8. The Kier molecular flexibility index (Phi) is 7.94. The molecule has 2 aliphatic heterocycles. The molecule has 0 radical (unpaired) electrons. The molecular weight excluding hydrogens is 559 g/mol. The Morgan fingerprint density at radius 2 is 1.93 bits per heavy atom. The Labute approximate surface area is 235 Å². The fourth-order valence-corrected chi connectivity index (χ4v) is 6.15. The van der Waals surface area contributed by atoms with E-state index in [9.17, 15) is 14.2 Å². The summed E-state index contributed by atoms with van der Waals surface area (Å²) in [5.74, 6) is -1.43. The van der Waals surface area contributed by atoms with Crippen LogP contribution in [0.25, 0.3) is 11.2 Å². The molecule has 16 heteroatoms. The fourth-order valence-electron chi connectivity index (χ4n) is 4.65. The number of esters is 1. The second-order valence-electron chi connectivity index (χ2n) is 10.4. The van der Waals surface area contributed by atoms with Gasteiger partial charge < -0.3 is 29.2 Å². The predicted molar refractivity (Wildman–Crippen MR) is 145 cm³/mol. The van der Waals surface area contributed by atoms with E-state index in [0.717, 1.165) is 0 Å². The highest BCUT2D eigenvalue weighted by Crippen LogP contribution is 2.48. The number of carbonyl (C=O) groups is 1. The van der Waals surface area contributed by atoms with E-state index in [1.807, 2.05) is 0 Å². The normalized spacial score (nSPS) is 25.6. The van der Waals surface area contributed by atoms with Crippen LogP contribution < -0.4 is 20.9 Å². The van der Waals surface area contributed by atoms with Gasteiger partial charge in [0.05, 0.1) is 19.0 Å². The molecule has 41 heavy (non-hydrogen) atoms. The van der Waals surface area contributed by atoms with Gasteiger partial charge in [0.2, 0.25) is 5.95 Å². The molecule has 0 unspecified atom stereocenters. The molecule has 1 aromatic carbocycles. The molecule has 2 aromatic heterocycles. The van der Waals surface area contributed by atoms with Crippen LogP contribution >= 0.6 is 7.75 Å². The number of nitrogens with zero attached hydrogens (tertiary/aromatic N) is 3. The fraction of sp³-hybridized carbons (Fsp3) is 0.520. The van der Waals surface area contributed by atoms with E-state index in [0.29, 0.717) is 0 Å². The molecular formula is C25H33N6O9P. The number of rotatable bonds is 10. The number of benzene rings is 1. The number of para-hydroxylation sites is 1. The molecule has 0 bridgehead atoms. The number of imidazole rings is 1. The SMILES string of the molecule is CC(C)OC(=O)[C@H](C)N[P@](=O)(OC[C@H]1O[C@@H](n2cnc3c(=O)[nH]c(N)nc32)[C@@H]2OC(C)(C)O[C@@H]21)Oc1ccccc1. The summed E-state index contributed by atoms with van der Waals surface area (Å²) in [5, 5.41) is 2.65. The van der Waals surface area contributed by atoms with Gasteiger partial charge in [0.1, 0.15) is 30.1 Å². The van der Waals surface area contributed by atoms with Crippen LogP contribution in [0.15, 0.2) is 41.5 Å². The molecule has 4 heterocycles. The number of aromatic amines is 1. The van der Waals surface area contributed by atoms with E-state index in [1.54, 1.807) is 58.0 Å². The van der Waals surface area contributed by atoms with Crippen LogP contribution in [0.4, 0.5) is 5.95 Å². The lowest BCUT2D eigenvalue weighted by molar-refractivity contribution is -0.199. The van der Waals surface area contributed by atoms with Crippen molar-refractivity contribution in [1.29, 1.82) is 0 Å². The molecule has 2 aliphatic rings. The maximum atomic E-state index is 14.0. The van der Waals surface area contributed by atoms with Gasteiger partial charge in [-0.3, -0.25) is 23.7 Å². The van der Waals surface area contributed by atoms with Crippen molar-refractivity contribution < 1.29 is 37.4 Å². The van der Waals surface area contributed by atoms with Crippen LogP contribution in [-0.4, -0.2) is 68.3 Å². The maximum Gasteiger partial charge on any atom is 0.459 e. The lowest BCUT2D eigenvalue weighted by Crippen LogP contribution is -2.38. The van der Waals surface area contributed by atoms with Gasteiger partial charge in [-0.1, -0.05) is 18.2 Å². The van der Waals surface area contributed by atoms with Crippen LogP contribution in [0.2, 0.25) is 0 Å². The van der Waals surface area contributed by atoms with Gasteiger partial charge in [-0.25, -0.2) is 9.55 Å². The summed E-state index contributed by atoms with van der Waals surface area (Å²) in [6.45, 7) is 8.14. The zero-order valence-electron chi connectivity index (χ0n) is 23.2. The standard InChI is InChI=1S/C25H33N6O9P/c1-13(2)36-23(33)14(3)30-41(34,40-15-9-7-6-8-10-15)35-11-16-18-19(39-25(4,5)38-18)22(37-16)31-12-27-17-20(31)28-24(26)29-21(17)32/h6-10,12-14,16,18-19,22H,11H2,1-5H3,(H,30,34)(H3,26,28,29,32)/t14-,16+,18+,19+,22+,41-/m0/s1. The van der Waals surface area contributed by atoms with Gasteiger partial charge in [0.25, 0.3) is 5.56 Å². The molecule has 3 aromatic rings. The van der Waals surface area contributed by atoms with Crippen LogP contribution in [0.3, 0.4) is 0 Å². The van der Waals surface area contributed by atoms with Crippen molar-refractivity contribution in [2.24, 2.45) is 0 Å². The number of anilines is 1. The number of aromatic nitrogens is 4. The lowest BCUT2D eigenvalue weighted by Gasteiger charge is -2.27. The molecule has 222 valence electrons. The highest BCUT2D eigenvalue weighted by Gasteiger charge is 2.56. The second kappa shape index (κ2) is 11.2.